The van der Waals surface area contributed by atoms with Crippen molar-refractivity contribution in [3.05, 3.63) is 70.2 Å². The molecule has 1 amide bonds. The first-order chi connectivity index (χ1) is 13.0. The number of aromatic nitrogens is 3. The van der Waals surface area contributed by atoms with E-state index in [0.29, 0.717) is 27.0 Å². The number of rotatable bonds is 6. The third kappa shape index (κ3) is 4.77. The van der Waals surface area contributed by atoms with Gasteiger partial charge in [-0.05, 0) is 35.9 Å². The molecule has 9 heteroatoms. The maximum Gasteiger partial charge on any atom is 0.295 e. The maximum absolute atomic E-state index is 12.2. The van der Waals surface area contributed by atoms with Gasteiger partial charge in [0.25, 0.3) is 5.91 Å². The second-order valence-corrected chi connectivity index (χ2v) is 6.48. The molecule has 0 spiro atoms. The van der Waals surface area contributed by atoms with Crippen molar-refractivity contribution in [1.29, 1.82) is 0 Å². The zero-order chi connectivity index (χ0) is 19.4. The molecule has 7 nitrogen and oxygen atoms in total. The van der Waals surface area contributed by atoms with Crippen LogP contribution in [0, 0.1) is 0 Å². The molecule has 0 aliphatic rings. The quantitative estimate of drug-likeness (QED) is 0.652. The number of ether oxygens (including phenoxy) is 1. The van der Waals surface area contributed by atoms with Crippen LogP contribution < -0.4 is 10.1 Å². The van der Waals surface area contributed by atoms with E-state index in [0.717, 1.165) is 0 Å². The predicted molar refractivity (Wildman–Crippen MR) is 102 cm³/mol. The third-order valence-corrected chi connectivity index (χ3v) is 4.52. The SMILES string of the molecule is COc1ccc(C(O)Cn2cnc(C(=O)Nc3ccc(Cl)c(Cl)c3)n2)cc1. The zero-order valence-corrected chi connectivity index (χ0v) is 15.8. The molecule has 0 bridgehead atoms. The highest BCUT2D eigenvalue weighted by atomic mass is 35.5. The highest BCUT2D eigenvalue weighted by Crippen LogP contribution is 2.25. The Morgan fingerprint density at radius 2 is 1.96 bits per heavy atom. The van der Waals surface area contributed by atoms with E-state index in [1.165, 1.54) is 17.1 Å². The number of nitrogens with one attached hydrogen (secondary N) is 1. The van der Waals surface area contributed by atoms with Crippen molar-refractivity contribution in [3.63, 3.8) is 0 Å². The number of hydrogen-bond donors (Lipinski definition) is 2. The predicted octanol–water partition coefficient (Wildman–Crippen LogP) is 3.58. The van der Waals surface area contributed by atoms with E-state index in [1.54, 1.807) is 43.5 Å². The van der Waals surface area contributed by atoms with Crippen LogP contribution in [0.15, 0.2) is 48.8 Å². The van der Waals surface area contributed by atoms with E-state index in [-0.39, 0.29) is 12.4 Å². The first kappa shape index (κ1) is 19.2. The van der Waals surface area contributed by atoms with Gasteiger partial charge >= 0.3 is 0 Å². The zero-order valence-electron chi connectivity index (χ0n) is 14.3. The number of halogens is 2. The second-order valence-electron chi connectivity index (χ2n) is 5.66. The molecule has 0 aliphatic heterocycles. The number of amides is 1. The smallest absolute Gasteiger partial charge is 0.295 e. The van der Waals surface area contributed by atoms with Gasteiger partial charge in [-0.1, -0.05) is 35.3 Å². The summed E-state index contributed by atoms with van der Waals surface area (Å²) >= 11 is 11.8. The summed E-state index contributed by atoms with van der Waals surface area (Å²) in [6.45, 7) is 0.152. The molecule has 0 fully saturated rings. The number of aliphatic hydroxyl groups is 1. The minimum absolute atomic E-state index is 0.0250. The van der Waals surface area contributed by atoms with E-state index < -0.39 is 12.0 Å². The van der Waals surface area contributed by atoms with Crippen molar-refractivity contribution in [2.24, 2.45) is 0 Å². The van der Waals surface area contributed by atoms with Crippen molar-refractivity contribution >= 4 is 34.8 Å². The average Bonchev–Trinajstić information content (AvgIpc) is 3.13. The first-order valence-electron chi connectivity index (χ1n) is 7.94. The fourth-order valence-electron chi connectivity index (χ4n) is 2.36. The molecular weight excluding hydrogens is 391 g/mol. The molecule has 3 aromatic rings. The monoisotopic (exact) mass is 406 g/mol. The molecule has 2 aromatic carbocycles. The Morgan fingerprint density at radius 3 is 2.63 bits per heavy atom. The number of carbonyl (C=O) groups is 1. The van der Waals surface area contributed by atoms with Crippen molar-refractivity contribution in [1.82, 2.24) is 14.8 Å². The molecular formula is C18H16Cl2N4O3. The van der Waals surface area contributed by atoms with E-state index in [2.05, 4.69) is 15.4 Å². The molecule has 27 heavy (non-hydrogen) atoms. The normalized spacial score (nSPS) is 11.9. The minimum Gasteiger partial charge on any atom is -0.497 e. The summed E-state index contributed by atoms with van der Waals surface area (Å²) in [6.07, 6.45) is 0.583. The Balaban J connectivity index is 1.64. The van der Waals surface area contributed by atoms with Crippen LogP contribution in [0.2, 0.25) is 10.0 Å². The van der Waals surface area contributed by atoms with Gasteiger partial charge in [-0.15, -0.1) is 5.10 Å². The van der Waals surface area contributed by atoms with E-state index in [9.17, 15) is 9.90 Å². The van der Waals surface area contributed by atoms with Crippen LogP contribution in [0.5, 0.6) is 5.75 Å². The number of nitrogens with zero attached hydrogens (tertiary/aromatic N) is 3. The van der Waals surface area contributed by atoms with Gasteiger partial charge in [-0.25, -0.2) is 9.67 Å². The lowest BCUT2D eigenvalue weighted by molar-refractivity contribution is 0.101. The van der Waals surface area contributed by atoms with Gasteiger partial charge in [0, 0.05) is 5.69 Å². The molecule has 0 saturated heterocycles. The van der Waals surface area contributed by atoms with Crippen molar-refractivity contribution in [2.45, 2.75) is 12.6 Å². The van der Waals surface area contributed by atoms with Crippen LogP contribution in [-0.2, 0) is 6.54 Å². The number of hydrogen-bond acceptors (Lipinski definition) is 5. The van der Waals surface area contributed by atoms with Crippen LogP contribution in [0.3, 0.4) is 0 Å². The molecule has 2 N–H and O–H groups in total. The van der Waals surface area contributed by atoms with Crippen molar-refractivity contribution in [2.75, 3.05) is 12.4 Å². The van der Waals surface area contributed by atoms with Crippen LogP contribution in [0.25, 0.3) is 0 Å². The van der Waals surface area contributed by atoms with E-state index in [1.807, 2.05) is 0 Å². The van der Waals surface area contributed by atoms with E-state index >= 15 is 0 Å². The van der Waals surface area contributed by atoms with Crippen LogP contribution in [0.4, 0.5) is 5.69 Å². The fraction of sp³-hybridized carbons (Fsp3) is 0.167. The summed E-state index contributed by atoms with van der Waals surface area (Å²) < 4.78 is 6.49. The Kier molecular flexibility index (Phi) is 5.95. The molecule has 0 saturated carbocycles. The summed E-state index contributed by atoms with van der Waals surface area (Å²) in [5, 5.41) is 17.8. The number of carbonyl (C=O) groups excluding carboxylic acids is 1. The van der Waals surface area contributed by atoms with Crippen LogP contribution >= 0.6 is 23.2 Å². The largest absolute Gasteiger partial charge is 0.497 e. The van der Waals surface area contributed by atoms with Crippen molar-refractivity contribution < 1.29 is 14.6 Å². The molecule has 1 unspecified atom stereocenters. The second kappa shape index (κ2) is 8.39. The summed E-state index contributed by atoms with van der Waals surface area (Å²) in [7, 11) is 1.57. The topological polar surface area (TPSA) is 89.3 Å². The minimum atomic E-state index is -0.802. The van der Waals surface area contributed by atoms with Gasteiger partial charge in [0.1, 0.15) is 12.1 Å². The van der Waals surface area contributed by atoms with E-state index in [4.69, 9.17) is 27.9 Å². The van der Waals surface area contributed by atoms with Gasteiger partial charge in [-0.2, -0.15) is 0 Å². The Hall–Kier alpha value is -2.61. The average molecular weight is 407 g/mol. The lowest BCUT2D eigenvalue weighted by Crippen LogP contribution is -2.15. The summed E-state index contributed by atoms with van der Waals surface area (Å²) in [6, 6.07) is 11.8. The first-order valence-corrected chi connectivity index (χ1v) is 8.69. The number of methoxy groups -OCH3 is 1. The number of anilines is 1. The summed E-state index contributed by atoms with van der Waals surface area (Å²) in [4.78, 5) is 16.2. The molecule has 1 atom stereocenters. The number of aliphatic hydroxyl groups excluding tert-OH is 1. The fourth-order valence-corrected chi connectivity index (χ4v) is 2.65. The Bertz CT molecular complexity index is 944. The lowest BCUT2D eigenvalue weighted by atomic mass is 10.1. The molecule has 0 radical (unpaired) electrons. The molecule has 1 heterocycles. The van der Waals surface area contributed by atoms with Gasteiger partial charge in [0.05, 0.1) is 29.8 Å². The Labute approximate surface area is 165 Å². The highest BCUT2D eigenvalue weighted by molar-refractivity contribution is 6.42. The summed E-state index contributed by atoms with van der Waals surface area (Å²) in [5.74, 6) is 0.182. The molecule has 1 aromatic heterocycles. The van der Waals surface area contributed by atoms with Gasteiger partial charge in [-0.3, -0.25) is 4.79 Å². The molecule has 140 valence electrons. The third-order valence-electron chi connectivity index (χ3n) is 3.78. The van der Waals surface area contributed by atoms with Gasteiger partial charge < -0.3 is 15.2 Å². The van der Waals surface area contributed by atoms with Gasteiger partial charge in [0.15, 0.2) is 0 Å². The highest BCUT2D eigenvalue weighted by Gasteiger charge is 2.15. The standard InChI is InChI=1S/C18H16Cl2N4O3/c1-27-13-5-2-11(3-6-13)16(25)9-24-10-21-17(23-24)18(26)22-12-4-7-14(19)15(20)8-12/h2-8,10,16,25H,9H2,1H3,(H,22,26). The Morgan fingerprint density at radius 1 is 1.22 bits per heavy atom. The number of benzene rings is 2. The maximum atomic E-state index is 12.2. The molecule has 3 rings (SSSR count). The van der Waals surface area contributed by atoms with Crippen LogP contribution in [-0.4, -0.2) is 32.9 Å². The molecule has 0 aliphatic carbocycles. The van der Waals surface area contributed by atoms with Crippen molar-refractivity contribution in [3.8, 4) is 5.75 Å². The van der Waals surface area contributed by atoms with Crippen LogP contribution in [0.1, 0.15) is 22.3 Å². The lowest BCUT2D eigenvalue weighted by Gasteiger charge is -2.11. The summed E-state index contributed by atoms with van der Waals surface area (Å²) in [5.41, 5.74) is 1.18. The van der Waals surface area contributed by atoms with Gasteiger partial charge in [0.2, 0.25) is 5.82 Å².